The maximum atomic E-state index is 3.73. The molecule has 3 rings (SSSR count). The first-order valence-corrected chi connectivity index (χ1v) is 7.60. The average molecular weight is 256 g/mol. The molecule has 1 aliphatic rings. The number of para-hydroxylation sites is 1. The molecule has 0 saturated heterocycles. The lowest BCUT2D eigenvalue weighted by Crippen LogP contribution is -2.25. The van der Waals surface area contributed by atoms with Crippen molar-refractivity contribution in [2.45, 2.75) is 58.7 Å². The van der Waals surface area contributed by atoms with Crippen molar-refractivity contribution in [1.29, 1.82) is 0 Å². The van der Waals surface area contributed by atoms with E-state index in [-0.39, 0.29) is 0 Å². The summed E-state index contributed by atoms with van der Waals surface area (Å²) in [6.07, 6.45) is 7.83. The van der Waals surface area contributed by atoms with Gasteiger partial charge in [0.25, 0.3) is 0 Å². The van der Waals surface area contributed by atoms with Gasteiger partial charge in [-0.3, -0.25) is 0 Å². The van der Waals surface area contributed by atoms with E-state index in [1.807, 2.05) is 0 Å². The van der Waals surface area contributed by atoms with Crippen molar-refractivity contribution in [3.8, 4) is 0 Å². The summed E-state index contributed by atoms with van der Waals surface area (Å²) in [4.78, 5) is 0. The molecule has 1 heterocycles. The number of aromatic nitrogens is 1. The van der Waals surface area contributed by atoms with Gasteiger partial charge in [-0.1, -0.05) is 31.0 Å². The molecule has 2 heteroatoms. The van der Waals surface area contributed by atoms with Crippen LogP contribution in [0.15, 0.2) is 24.4 Å². The third kappa shape index (κ3) is 2.42. The fourth-order valence-corrected chi connectivity index (χ4v) is 3.40. The van der Waals surface area contributed by atoms with Crippen molar-refractivity contribution in [3.05, 3.63) is 35.5 Å². The Hall–Kier alpha value is -1.28. The van der Waals surface area contributed by atoms with Gasteiger partial charge in [0.2, 0.25) is 0 Å². The number of nitrogens with zero attached hydrogens (tertiary/aromatic N) is 1. The number of aryl methyl sites for hydroxylation is 2. The van der Waals surface area contributed by atoms with Crippen molar-refractivity contribution < 1.29 is 0 Å². The highest BCUT2D eigenvalue weighted by Crippen LogP contribution is 2.25. The van der Waals surface area contributed by atoms with E-state index in [1.54, 1.807) is 0 Å². The zero-order chi connectivity index (χ0) is 13.2. The summed E-state index contributed by atoms with van der Waals surface area (Å²) < 4.78 is 2.39. The fourth-order valence-electron chi connectivity index (χ4n) is 3.40. The minimum atomic E-state index is 0.741. The third-order valence-corrected chi connectivity index (χ3v) is 4.46. The van der Waals surface area contributed by atoms with Crippen LogP contribution in [0.2, 0.25) is 0 Å². The Bertz CT molecular complexity index is 562. The molecule has 1 aromatic carbocycles. The molecule has 0 aliphatic heterocycles. The predicted octanol–water partition coefficient (Wildman–Crippen LogP) is 4.00. The molecular weight excluding hydrogens is 232 g/mol. The van der Waals surface area contributed by atoms with Crippen LogP contribution in [0.4, 0.5) is 0 Å². The molecule has 1 N–H and O–H groups in total. The van der Waals surface area contributed by atoms with E-state index in [1.165, 1.54) is 47.7 Å². The SMILES string of the molecule is CCn1cc(CNC2CCCC2)c2cccc(C)c21. The van der Waals surface area contributed by atoms with Crippen LogP contribution in [-0.2, 0) is 13.1 Å². The summed E-state index contributed by atoms with van der Waals surface area (Å²) in [5.74, 6) is 0. The molecule has 1 aliphatic carbocycles. The topological polar surface area (TPSA) is 17.0 Å². The van der Waals surface area contributed by atoms with Crippen LogP contribution in [-0.4, -0.2) is 10.6 Å². The minimum absolute atomic E-state index is 0.741. The van der Waals surface area contributed by atoms with E-state index in [2.05, 4.69) is 48.1 Å². The molecule has 19 heavy (non-hydrogen) atoms. The summed E-state index contributed by atoms with van der Waals surface area (Å²) in [6, 6.07) is 7.39. The molecule has 1 fully saturated rings. The molecule has 0 atom stereocenters. The van der Waals surface area contributed by atoms with E-state index in [9.17, 15) is 0 Å². The van der Waals surface area contributed by atoms with Crippen LogP contribution in [0.25, 0.3) is 10.9 Å². The average Bonchev–Trinajstić information content (AvgIpc) is 3.04. The molecule has 0 spiro atoms. The Kier molecular flexibility index (Phi) is 3.61. The molecule has 1 saturated carbocycles. The summed E-state index contributed by atoms with van der Waals surface area (Å²) >= 11 is 0. The van der Waals surface area contributed by atoms with Crippen molar-refractivity contribution in [1.82, 2.24) is 9.88 Å². The van der Waals surface area contributed by atoms with Crippen LogP contribution in [0.1, 0.15) is 43.7 Å². The van der Waals surface area contributed by atoms with Crippen LogP contribution in [0, 0.1) is 6.92 Å². The van der Waals surface area contributed by atoms with Crippen molar-refractivity contribution >= 4 is 10.9 Å². The fraction of sp³-hybridized carbons (Fsp3) is 0.529. The quantitative estimate of drug-likeness (QED) is 0.875. The van der Waals surface area contributed by atoms with Gasteiger partial charge in [0, 0.05) is 30.7 Å². The second-order valence-corrected chi connectivity index (χ2v) is 5.77. The maximum Gasteiger partial charge on any atom is 0.0513 e. The predicted molar refractivity (Wildman–Crippen MR) is 81.4 cm³/mol. The van der Waals surface area contributed by atoms with Gasteiger partial charge in [-0.2, -0.15) is 0 Å². The lowest BCUT2D eigenvalue weighted by atomic mass is 10.1. The van der Waals surface area contributed by atoms with Crippen molar-refractivity contribution in [3.63, 3.8) is 0 Å². The molecule has 2 aromatic rings. The van der Waals surface area contributed by atoms with E-state index < -0.39 is 0 Å². The maximum absolute atomic E-state index is 3.73. The Balaban J connectivity index is 1.88. The molecule has 2 nitrogen and oxygen atoms in total. The molecule has 1 aromatic heterocycles. The lowest BCUT2D eigenvalue weighted by Gasteiger charge is -2.10. The number of benzene rings is 1. The summed E-state index contributed by atoms with van der Waals surface area (Å²) in [5.41, 5.74) is 4.24. The van der Waals surface area contributed by atoms with Gasteiger partial charge < -0.3 is 9.88 Å². The molecule has 0 radical (unpaired) electrons. The Morgan fingerprint density at radius 2 is 2.05 bits per heavy atom. The van der Waals surface area contributed by atoms with Gasteiger partial charge in [0.15, 0.2) is 0 Å². The van der Waals surface area contributed by atoms with Crippen LogP contribution in [0.5, 0.6) is 0 Å². The van der Waals surface area contributed by atoms with Crippen LogP contribution in [0.3, 0.4) is 0 Å². The van der Waals surface area contributed by atoms with Crippen molar-refractivity contribution in [2.24, 2.45) is 0 Å². The highest BCUT2D eigenvalue weighted by Gasteiger charge is 2.15. The van der Waals surface area contributed by atoms with Gasteiger partial charge in [0.05, 0.1) is 5.52 Å². The Morgan fingerprint density at radius 3 is 2.79 bits per heavy atom. The monoisotopic (exact) mass is 256 g/mol. The number of hydrogen-bond acceptors (Lipinski definition) is 1. The zero-order valence-corrected chi connectivity index (χ0v) is 12.1. The lowest BCUT2D eigenvalue weighted by molar-refractivity contribution is 0.525. The highest BCUT2D eigenvalue weighted by molar-refractivity contribution is 5.86. The summed E-state index contributed by atoms with van der Waals surface area (Å²) in [7, 11) is 0. The first kappa shape index (κ1) is 12.7. The second kappa shape index (κ2) is 5.38. The standard InChI is InChI=1S/C17H24N2/c1-3-19-12-14(11-18-15-8-4-5-9-15)16-10-6-7-13(2)17(16)19/h6-7,10,12,15,18H,3-5,8-9,11H2,1-2H3. The third-order valence-electron chi connectivity index (χ3n) is 4.46. The number of fused-ring (bicyclic) bond motifs is 1. The van der Waals surface area contributed by atoms with Gasteiger partial charge in [-0.15, -0.1) is 0 Å². The van der Waals surface area contributed by atoms with Crippen LogP contribution >= 0.6 is 0 Å². The molecular formula is C17H24N2. The van der Waals surface area contributed by atoms with E-state index in [0.717, 1.165) is 19.1 Å². The van der Waals surface area contributed by atoms with E-state index >= 15 is 0 Å². The number of hydrogen-bond donors (Lipinski definition) is 1. The van der Waals surface area contributed by atoms with E-state index in [4.69, 9.17) is 0 Å². The van der Waals surface area contributed by atoms with Crippen LogP contribution < -0.4 is 5.32 Å². The Morgan fingerprint density at radius 1 is 1.26 bits per heavy atom. The largest absolute Gasteiger partial charge is 0.347 e. The summed E-state index contributed by atoms with van der Waals surface area (Å²) in [5, 5.41) is 5.16. The normalized spacial score (nSPS) is 16.5. The van der Waals surface area contributed by atoms with Crippen molar-refractivity contribution in [2.75, 3.05) is 0 Å². The second-order valence-electron chi connectivity index (χ2n) is 5.77. The highest BCUT2D eigenvalue weighted by atomic mass is 15.0. The van der Waals surface area contributed by atoms with Gasteiger partial charge in [-0.25, -0.2) is 0 Å². The summed E-state index contributed by atoms with van der Waals surface area (Å²) in [6.45, 7) is 6.49. The first-order chi connectivity index (χ1) is 9.29. The number of nitrogens with one attached hydrogen (secondary N) is 1. The number of rotatable bonds is 4. The zero-order valence-electron chi connectivity index (χ0n) is 12.1. The molecule has 0 unspecified atom stereocenters. The molecule has 0 bridgehead atoms. The van der Waals surface area contributed by atoms with Gasteiger partial charge >= 0.3 is 0 Å². The Labute approximate surface area is 115 Å². The minimum Gasteiger partial charge on any atom is -0.347 e. The smallest absolute Gasteiger partial charge is 0.0513 e. The van der Waals surface area contributed by atoms with Gasteiger partial charge in [0.1, 0.15) is 0 Å². The molecule has 0 amide bonds. The first-order valence-electron chi connectivity index (χ1n) is 7.60. The van der Waals surface area contributed by atoms with E-state index in [0.29, 0.717) is 0 Å². The molecule has 102 valence electrons. The van der Waals surface area contributed by atoms with Gasteiger partial charge in [-0.05, 0) is 37.8 Å².